The van der Waals surface area contributed by atoms with E-state index >= 15 is 0 Å². The molecule has 0 aromatic heterocycles. The van der Waals surface area contributed by atoms with Crippen molar-refractivity contribution in [2.24, 2.45) is 0 Å². The van der Waals surface area contributed by atoms with Gasteiger partial charge in [-0.1, -0.05) is 29.3 Å². The first kappa shape index (κ1) is 19.4. The highest BCUT2D eigenvalue weighted by Gasteiger charge is 2.28. The fraction of sp³-hybridized carbons (Fsp3) is 0.429. The number of amides is 1. The molecule has 10 heteroatoms. The van der Waals surface area contributed by atoms with Gasteiger partial charge in [-0.2, -0.15) is 0 Å². The lowest BCUT2D eigenvalue weighted by molar-refractivity contribution is -0.144. The number of halogens is 2. The second kappa shape index (κ2) is 8.42. The van der Waals surface area contributed by atoms with E-state index in [-0.39, 0.29) is 27.5 Å². The number of anilines is 1. The number of esters is 1. The molecule has 1 aromatic carbocycles. The molecule has 1 aliphatic rings. The molecule has 0 bridgehead atoms. The summed E-state index contributed by atoms with van der Waals surface area (Å²) in [5.41, 5.74) is 0.329. The zero-order valence-electron chi connectivity index (χ0n) is 12.5. The number of hydrogen-bond acceptors (Lipinski definition) is 6. The molecule has 1 aliphatic heterocycles. The molecule has 0 aliphatic carbocycles. The van der Waals surface area contributed by atoms with Crippen LogP contribution in [0.1, 0.15) is 6.42 Å². The Kier molecular flexibility index (Phi) is 6.79. The fourth-order valence-electron chi connectivity index (χ4n) is 2.05. The van der Waals surface area contributed by atoms with Gasteiger partial charge in [0.05, 0.1) is 33.0 Å². The molecule has 24 heavy (non-hydrogen) atoms. The van der Waals surface area contributed by atoms with Gasteiger partial charge < -0.3 is 10.1 Å². The van der Waals surface area contributed by atoms with E-state index in [9.17, 15) is 18.0 Å². The van der Waals surface area contributed by atoms with Crippen LogP contribution in [0.5, 0.6) is 0 Å². The molecule has 1 amide bonds. The third-order valence-corrected chi connectivity index (χ3v) is 7.29. The Labute approximate surface area is 154 Å². The van der Waals surface area contributed by atoms with Crippen LogP contribution >= 0.6 is 35.0 Å². The zero-order chi connectivity index (χ0) is 17.7. The Morgan fingerprint density at radius 3 is 2.75 bits per heavy atom. The molecule has 2 rings (SSSR count). The van der Waals surface area contributed by atoms with Crippen molar-refractivity contribution < 1.29 is 22.7 Å². The predicted octanol–water partition coefficient (Wildman–Crippen LogP) is 2.40. The lowest BCUT2D eigenvalue weighted by Gasteiger charge is -2.09. The number of hydrogen-bond donors (Lipinski definition) is 1. The predicted molar refractivity (Wildman–Crippen MR) is 95.6 cm³/mol. The highest BCUT2D eigenvalue weighted by atomic mass is 35.5. The van der Waals surface area contributed by atoms with Crippen LogP contribution in [0.15, 0.2) is 18.2 Å². The molecule has 1 saturated heterocycles. The molecule has 1 heterocycles. The van der Waals surface area contributed by atoms with Crippen LogP contribution in [0.25, 0.3) is 0 Å². The van der Waals surface area contributed by atoms with Gasteiger partial charge >= 0.3 is 5.97 Å². The monoisotopic (exact) mass is 411 g/mol. The Morgan fingerprint density at radius 1 is 1.33 bits per heavy atom. The lowest BCUT2D eigenvalue weighted by Crippen LogP contribution is -2.22. The van der Waals surface area contributed by atoms with E-state index in [4.69, 9.17) is 27.9 Å². The molecule has 1 atom stereocenters. The SMILES string of the molecule is O=C(COC(=O)CS[C@H]1CCS(=O)(=O)C1)Nc1cccc(Cl)c1Cl. The van der Waals surface area contributed by atoms with Crippen molar-refractivity contribution in [1.82, 2.24) is 0 Å². The van der Waals surface area contributed by atoms with Gasteiger partial charge in [-0.15, -0.1) is 11.8 Å². The van der Waals surface area contributed by atoms with Crippen LogP contribution in [-0.4, -0.2) is 49.4 Å². The fourth-order valence-corrected chi connectivity index (χ4v) is 5.84. The van der Waals surface area contributed by atoms with Crippen LogP contribution in [0, 0.1) is 0 Å². The summed E-state index contributed by atoms with van der Waals surface area (Å²) in [6, 6.07) is 4.78. The van der Waals surface area contributed by atoms with E-state index in [1.54, 1.807) is 18.2 Å². The maximum Gasteiger partial charge on any atom is 0.316 e. The second-order valence-electron chi connectivity index (χ2n) is 5.15. The first-order valence-electron chi connectivity index (χ1n) is 6.98. The molecular weight excluding hydrogens is 397 g/mol. The van der Waals surface area contributed by atoms with Crippen molar-refractivity contribution in [3.05, 3.63) is 28.2 Å². The van der Waals surface area contributed by atoms with Gasteiger partial charge in [-0.25, -0.2) is 8.42 Å². The van der Waals surface area contributed by atoms with Crippen molar-refractivity contribution in [2.45, 2.75) is 11.7 Å². The molecule has 1 aromatic rings. The molecule has 1 N–H and O–H groups in total. The highest BCUT2D eigenvalue weighted by molar-refractivity contribution is 8.02. The Morgan fingerprint density at radius 2 is 2.08 bits per heavy atom. The molecule has 1 fully saturated rings. The maximum absolute atomic E-state index is 11.7. The molecule has 0 saturated carbocycles. The van der Waals surface area contributed by atoms with Crippen molar-refractivity contribution in [2.75, 3.05) is 29.2 Å². The van der Waals surface area contributed by atoms with Gasteiger partial charge in [0.25, 0.3) is 5.91 Å². The van der Waals surface area contributed by atoms with Gasteiger partial charge in [0.15, 0.2) is 16.4 Å². The summed E-state index contributed by atoms with van der Waals surface area (Å²) in [5.74, 6) is -0.871. The minimum atomic E-state index is -2.97. The summed E-state index contributed by atoms with van der Waals surface area (Å²) >= 11 is 13.0. The average Bonchev–Trinajstić information content (AvgIpc) is 2.87. The number of nitrogens with one attached hydrogen (secondary N) is 1. The van der Waals surface area contributed by atoms with Crippen LogP contribution < -0.4 is 5.32 Å². The summed E-state index contributed by atoms with van der Waals surface area (Å²) in [7, 11) is -2.97. The quantitative estimate of drug-likeness (QED) is 0.722. The van der Waals surface area contributed by atoms with Gasteiger partial charge in [-0.3, -0.25) is 9.59 Å². The normalized spacial score (nSPS) is 19.0. The molecule has 6 nitrogen and oxygen atoms in total. The molecule has 0 unspecified atom stereocenters. The summed E-state index contributed by atoms with van der Waals surface area (Å²) in [4.78, 5) is 23.4. The average molecular weight is 412 g/mol. The third kappa shape index (κ3) is 5.84. The van der Waals surface area contributed by atoms with Gasteiger partial charge in [0.2, 0.25) is 0 Å². The van der Waals surface area contributed by atoms with Crippen LogP contribution in [-0.2, 0) is 24.2 Å². The van der Waals surface area contributed by atoms with E-state index < -0.39 is 28.3 Å². The van der Waals surface area contributed by atoms with E-state index in [2.05, 4.69) is 5.32 Å². The number of thioether (sulfide) groups is 1. The lowest BCUT2D eigenvalue weighted by atomic mass is 10.3. The summed E-state index contributed by atoms with van der Waals surface area (Å²) in [6.07, 6.45) is 0.536. The number of sulfone groups is 1. The molecule has 0 radical (unpaired) electrons. The van der Waals surface area contributed by atoms with Crippen LogP contribution in [0.4, 0.5) is 5.69 Å². The first-order chi connectivity index (χ1) is 11.3. The Bertz CT molecular complexity index is 739. The maximum atomic E-state index is 11.7. The largest absolute Gasteiger partial charge is 0.455 e. The number of ether oxygens (including phenoxy) is 1. The van der Waals surface area contributed by atoms with E-state index in [0.29, 0.717) is 17.1 Å². The minimum absolute atomic E-state index is 0.00535. The number of carbonyl (C=O) groups excluding carboxylic acids is 2. The number of rotatable bonds is 6. The number of carbonyl (C=O) groups is 2. The smallest absolute Gasteiger partial charge is 0.316 e. The Balaban J connectivity index is 1.71. The van der Waals surface area contributed by atoms with E-state index in [0.717, 1.165) is 0 Å². The molecule has 132 valence electrons. The summed E-state index contributed by atoms with van der Waals surface area (Å²) in [6.45, 7) is -0.453. The minimum Gasteiger partial charge on any atom is -0.455 e. The topological polar surface area (TPSA) is 89.5 Å². The molecular formula is C14H15Cl2NO5S2. The standard InChI is InChI=1S/C14H15Cl2NO5S2/c15-10-2-1-3-11(14(10)16)17-12(18)6-22-13(19)7-23-9-4-5-24(20,21)8-9/h1-3,9H,4-8H2,(H,17,18)/t9-/m0/s1. The van der Waals surface area contributed by atoms with Crippen molar-refractivity contribution in [3.8, 4) is 0 Å². The van der Waals surface area contributed by atoms with Crippen LogP contribution in [0.3, 0.4) is 0 Å². The molecule has 0 spiro atoms. The van der Waals surface area contributed by atoms with Gasteiger partial charge in [0, 0.05) is 5.25 Å². The second-order valence-corrected chi connectivity index (χ2v) is 9.45. The Hall–Kier alpha value is -0.960. The van der Waals surface area contributed by atoms with Crippen LogP contribution in [0.2, 0.25) is 10.0 Å². The van der Waals surface area contributed by atoms with Crippen molar-refractivity contribution in [1.29, 1.82) is 0 Å². The summed E-state index contributed by atoms with van der Waals surface area (Å²) < 4.78 is 27.5. The van der Waals surface area contributed by atoms with Crippen molar-refractivity contribution >= 4 is 62.4 Å². The highest BCUT2D eigenvalue weighted by Crippen LogP contribution is 2.29. The van der Waals surface area contributed by atoms with Crippen molar-refractivity contribution in [3.63, 3.8) is 0 Å². The van der Waals surface area contributed by atoms with E-state index in [1.807, 2.05) is 0 Å². The van der Waals surface area contributed by atoms with Gasteiger partial charge in [-0.05, 0) is 18.6 Å². The first-order valence-corrected chi connectivity index (χ1v) is 10.6. The van der Waals surface area contributed by atoms with Gasteiger partial charge in [0.1, 0.15) is 0 Å². The summed E-state index contributed by atoms with van der Waals surface area (Å²) in [5, 5.41) is 2.91. The number of benzene rings is 1. The van der Waals surface area contributed by atoms with E-state index in [1.165, 1.54) is 11.8 Å². The third-order valence-electron chi connectivity index (χ3n) is 3.22. The zero-order valence-corrected chi connectivity index (χ0v) is 15.6.